The molecule has 2 saturated heterocycles. The first-order valence-corrected chi connectivity index (χ1v) is 7.80. The highest BCUT2D eigenvalue weighted by atomic mass is 15.2. The summed E-state index contributed by atoms with van der Waals surface area (Å²) in [7, 11) is 0. The van der Waals surface area contributed by atoms with Gasteiger partial charge in [0.25, 0.3) is 0 Å². The van der Waals surface area contributed by atoms with Gasteiger partial charge < -0.3 is 10.6 Å². The Morgan fingerprint density at radius 1 is 1.11 bits per heavy atom. The quantitative estimate of drug-likeness (QED) is 0.816. The third-order valence-corrected chi connectivity index (χ3v) is 4.70. The van der Waals surface area contributed by atoms with Gasteiger partial charge in [0.2, 0.25) is 0 Å². The third kappa shape index (κ3) is 3.69. The molecule has 0 spiro atoms. The van der Waals surface area contributed by atoms with Crippen LogP contribution in [0.25, 0.3) is 0 Å². The SMILES string of the molecule is CC1CC(N)CN(C2CCCN(C(C)C)CC2)C1. The van der Waals surface area contributed by atoms with Crippen LogP contribution >= 0.6 is 0 Å². The molecule has 0 aromatic heterocycles. The highest BCUT2D eigenvalue weighted by Crippen LogP contribution is 2.23. The van der Waals surface area contributed by atoms with Crippen LogP contribution in [-0.2, 0) is 0 Å². The van der Waals surface area contributed by atoms with Crippen molar-refractivity contribution in [2.45, 2.75) is 64.6 Å². The smallest absolute Gasteiger partial charge is 0.0170 e. The number of likely N-dealkylation sites (tertiary alicyclic amines) is 2. The first-order valence-electron chi connectivity index (χ1n) is 7.80. The predicted octanol–water partition coefficient (Wildman–Crippen LogP) is 1.92. The maximum Gasteiger partial charge on any atom is 0.0170 e. The van der Waals surface area contributed by atoms with Crippen molar-refractivity contribution in [3.63, 3.8) is 0 Å². The van der Waals surface area contributed by atoms with E-state index in [1.807, 2.05) is 0 Å². The fourth-order valence-corrected chi connectivity index (χ4v) is 3.72. The van der Waals surface area contributed by atoms with Crippen molar-refractivity contribution in [3.8, 4) is 0 Å². The molecule has 3 atom stereocenters. The number of rotatable bonds is 2. The van der Waals surface area contributed by atoms with Crippen LogP contribution in [0.4, 0.5) is 0 Å². The second-order valence-electron chi connectivity index (χ2n) is 6.77. The second kappa shape index (κ2) is 6.36. The summed E-state index contributed by atoms with van der Waals surface area (Å²) in [4.78, 5) is 5.32. The lowest BCUT2D eigenvalue weighted by Crippen LogP contribution is -2.50. The summed E-state index contributed by atoms with van der Waals surface area (Å²) < 4.78 is 0. The minimum atomic E-state index is 0.401. The normalized spacial score (nSPS) is 36.8. The van der Waals surface area contributed by atoms with Crippen molar-refractivity contribution in [1.29, 1.82) is 0 Å². The van der Waals surface area contributed by atoms with E-state index >= 15 is 0 Å². The van der Waals surface area contributed by atoms with Gasteiger partial charge in [0, 0.05) is 31.2 Å². The molecule has 2 aliphatic rings. The van der Waals surface area contributed by atoms with Crippen molar-refractivity contribution in [2.24, 2.45) is 11.7 Å². The van der Waals surface area contributed by atoms with E-state index in [1.165, 1.54) is 45.3 Å². The molecule has 0 aromatic rings. The predicted molar refractivity (Wildman–Crippen MR) is 77.7 cm³/mol. The van der Waals surface area contributed by atoms with Gasteiger partial charge in [-0.3, -0.25) is 4.90 Å². The van der Waals surface area contributed by atoms with Crippen LogP contribution in [0.1, 0.15) is 46.5 Å². The fraction of sp³-hybridized carbons (Fsp3) is 1.00. The van der Waals surface area contributed by atoms with Gasteiger partial charge in [0.15, 0.2) is 0 Å². The lowest BCUT2D eigenvalue weighted by atomic mass is 9.93. The monoisotopic (exact) mass is 253 g/mol. The summed E-state index contributed by atoms with van der Waals surface area (Å²) >= 11 is 0. The molecule has 0 aromatic carbocycles. The molecule has 0 aliphatic carbocycles. The molecule has 0 saturated carbocycles. The lowest BCUT2D eigenvalue weighted by molar-refractivity contribution is 0.104. The summed E-state index contributed by atoms with van der Waals surface area (Å²) in [6.45, 7) is 11.9. The Labute approximate surface area is 113 Å². The Kier molecular flexibility index (Phi) is 5.05. The molecule has 0 bridgehead atoms. The molecule has 2 N–H and O–H groups in total. The van der Waals surface area contributed by atoms with E-state index in [9.17, 15) is 0 Å². The summed E-state index contributed by atoms with van der Waals surface area (Å²) in [6, 6.07) is 1.88. The number of nitrogens with two attached hydrogens (primary N) is 1. The van der Waals surface area contributed by atoms with Gasteiger partial charge in [0.1, 0.15) is 0 Å². The third-order valence-electron chi connectivity index (χ3n) is 4.70. The van der Waals surface area contributed by atoms with Crippen LogP contribution in [0.3, 0.4) is 0 Å². The summed E-state index contributed by atoms with van der Waals surface area (Å²) in [6.07, 6.45) is 5.25. The molecule has 3 heteroatoms. The molecule has 2 heterocycles. The van der Waals surface area contributed by atoms with Crippen molar-refractivity contribution >= 4 is 0 Å². The van der Waals surface area contributed by atoms with Gasteiger partial charge in [-0.2, -0.15) is 0 Å². The fourth-order valence-electron chi connectivity index (χ4n) is 3.72. The Bertz CT molecular complexity index is 244. The van der Waals surface area contributed by atoms with Crippen molar-refractivity contribution in [3.05, 3.63) is 0 Å². The molecule has 106 valence electrons. The number of nitrogens with zero attached hydrogens (tertiary/aromatic N) is 2. The molecule has 2 rings (SSSR count). The number of piperidine rings is 1. The van der Waals surface area contributed by atoms with Gasteiger partial charge in [-0.25, -0.2) is 0 Å². The minimum absolute atomic E-state index is 0.401. The lowest BCUT2D eigenvalue weighted by Gasteiger charge is -2.40. The van der Waals surface area contributed by atoms with Gasteiger partial charge >= 0.3 is 0 Å². The van der Waals surface area contributed by atoms with Crippen molar-refractivity contribution < 1.29 is 0 Å². The van der Waals surface area contributed by atoms with E-state index in [2.05, 4.69) is 30.6 Å². The average molecular weight is 253 g/mol. The Balaban J connectivity index is 1.89. The summed E-state index contributed by atoms with van der Waals surface area (Å²) in [5.74, 6) is 0.776. The average Bonchev–Trinajstić information content (AvgIpc) is 2.52. The minimum Gasteiger partial charge on any atom is -0.327 e. The van der Waals surface area contributed by atoms with Crippen molar-refractivity contribution in [2.75, 3.05) is 26.2 Å². The van der Waals surface area contributed by atoms with Crippen LogP contribution in [-0.4, -0.2) is 54.1 Å². The van der Waals surface area contributed by atoms with Crippen molar-refractivity contribution in [1.82, 2.24) is 9.80 Å². The van der Waals surface area contributed by atoms with E-state index < -0.39 is 0 Å². The summed E-state index contributed by atoms with van der Waals surface area (Å²) in [5, 5.41) is 0. The largest absolute Gasteiger partial charge is 0.327 e. The number of hydrogen-bond acceptors (Lipinski definition) is 3. The Morgan fingerprint density at radius 2 is 1.89 bits per heavy atom. The molecule has 18 heavy (non-hydrogen) atoms. The zero-order chi connectivity index (χ0) is 13.1. The van der Waals surface area contributed by atoms with Crippen LogP contribution in [0, 0.1) is 5.92 Å². The van der Waals surface area contributed by atoms with E-state index in [0.717, 1.165) is 18.5 Å². The second-order valence-corrected chi connectivity index (χ2v) is 6.77. The molecular formula is C15H31N3. The summed E-state index contributed by atoms with van der Waals surface area (Å²) in [5.41, 5.74) is 6.18. The first kappa shape index (κ1) is 14.3. The van der Waals surface area contributed by atoms with Crippen LogP contribution in [0.5, 0.6) is 0 Å². The molecular weight excluding hydrogens is 222 g/mol. The zero-order valence-corrected chi connectivity index (χ0v) is 12.4. The highest BCUT2D eigenvalue weighted by Gasteiger charge is 2.29. The highest BCUT2D eigenvalue weighted by molar-refractivity contribution is 4.86. The van der Waals surface area contributed by atoms with E-state index in [4.69, 9.17) is 5.73 Å². The molecule has 2 aliphatic heterocycles. The maximum absolute atomic E-state index is 6.18. The van der Waals surface area contributed by atoms with Crippen LogP contribution < -0.4 is 5.73 Å². The Hall–Kier alpha value is -0.120. The zero-order valence-electron chi connectivity index (χ0n) is 12.4. The maximum atomic E-state index is 6.18. The molecule has 2 fully saturated rings. The first-order chi connectivity index (χ1) is 8.56. The topological polar surface area (TPSA) is 32.5 Å². The van der Waals surface area contributed by atoms with Gasteiger partial charge in [-0.05, 0) is 58.5 Å². The van der Waals surface area contributed by atoms with Crippen LogP contribution in [0.2, 0.25) is 0 Å². The van der Waals surface area contributed by atoms with Crippen LogP contribution in [0.15, 0.2) is 0 Å². The molecule has 3 nitrogen and oxygen atoms in total. The molecule has 0 amide bonds. The van der Waals surface area contributed by atoms with E-state index in [0.29, 0.717) is 12.1 Å². The standard InChI is InChI=1S/C15H31N3/c1-12(2)17-7-4-5-15(6-8-17)18-10-13(3)9-14(16)11-18/h12-15H,4-11,16H2,1-3H3. The van der Waals surface area contributed by atoms with E-state index in [-0.39, 0.29) is 0 Å². The Morgan fingerprint density at radius 3 is 2.56 bits per heavy atom. The van der Waals surface area contributed by atoms with E-state index in [1.54, 1.807) is 0 Å². The molecule has 3 unspecified atom stereocenters. The van der Waals surface area contributed by atoms with Gasteiger partial charge in [-0.15, -0.1) is 0 Å². The molecule has 0 radical (unpaired) electrons. The van der Waals surface area contributed by atoms with Gasteiger partial charge in [-0.1, -0.05) is 6.92 Å². The van der Waals surface area contributed by atoms with Gasteiger partial charge in [0.05, 0.1) is 0 Å². The number of hydrogen-bond donors (Lipinski definition) is 1.